The van der Waals surface area contributed by atoms with Gasteiger partial charge < -0.3 is 5.11 Å². The van der Waals surface area contributed by atoms with Gasteiger partial charge in [0.25, 0.3) is 0 Å². The molecule has 1 aliphatic heterocycles. The molecule has 23 heavy (non-hydrogen) atoms. The molecule has 0 unspecified atom stereocenters. The maximum Gasteiger partial charge on any atom is 0.335 e. The largest absolute Gasteiger partial charge is 0.478 e. The van der Waals surface area contributed by atoms with Crippen LogP contribution in [0.1, 0.15) is 20.8 Å². The minimum Gasteiger partial charge on any atom is -0.478 e. The van der Waals surface area contributed by atoms with E-state index in [1.54, 1.807) is 23.5 Å². The van der Waals surface area contributed by atoms with Gasteiger partial charge in [0, 0.05) is 44.1 Å². The first-order valence-electron chi connectivity index (χ1n) is 7.61. The molecule has 3 rings (SSSR count). The number of hydrogen-bond donors (Lipinski definition) is 1. The summed E-state index contributed by atoms with van der Waals surface area (Å²) in [5, 5.41) is 8.93. The molecule has 0 spiro atoms. The van der Waals surface area contributed by atoms with E-state index in [0.717, 1.165) is 49.2 Å². The maximum absolute atomic E-state index is 10.9. The molecule has 1 fully saturated rings. The van der Waals surface area contributed by atoms with E-state index >= 15 is 0 Å². The van der Waals surface area contributed by atoms with Crippen molar-refractivity contribution in [3.8, 4) is 0 Å². The third-order valence-corrected chi connectivity index (χ3v) is 5.30. The molecule has 2 heterocycles. The van der Waals surface area contributed by atoms with E-state index in [-0.39, 0.29) is 0 Å². The molecule has 6 heteroatoms. The molecule has 1 aliphatic rings. The van der Waals surface area contributed by atoms with Gasteiger partial charge in [0.2, 0.25) is 0 Å². The Labute approximate surface area is 144 Å². The van der Waals surface area contributed by atoms with Crippen LogP contribution in [0.2, 0.25) is 4.34 Å². The SMILES string of the molecule is O=C(O)c1ccc(CN2CCN(Cc3ccc(Cl)s3)CC2)cc1. The van der Waals surface area contributed by atoms with Crippen molar-refractivity contribution in [2.24, 2.45) is 0 Å². The molecule has 1 saturated heterocycles. The molecular weight excluding hydrogens is 332 g/mol. The lowest BCUT2D eigenvalue weighted by molar-refractivity contribution is 0.0697. The molecule has 1 aromatic carbocycles. The van der Waals surface area contributed by atoms with Crippen molar-refractivity contribution in [1.29, 1.82) is 0 Å². The Morgan fingerprint density at radius 2 is 1.61 bits per heavy atom. The molecule has 4 nitrogen and oxygen atoms in total. The van der Waals surface area contributed by atoms with Crippen LogP contribution in [0.3, 0.4) is 0 Å². The Balaban J connectivity index is 1.48. The fourth-order valence-corrected chi connectivity index (χ4v) is 3.90. The minimum absolute atomic E-state index is 0.341. The van der Waals surface area contributed by atoms with Crippen molar-refractivity contribution in [3.63, 3.8) is 0 Å². The zero-order valence-electron chi connectivity index (χ0n) is 12.7. The Hall–Kier alpha value is -1.40. The average molecular weight is 351 g/mol. The predicted octanol–water partition coefficient (Wildman–Crippen LogP) is 3.42. The Morgan fingerprint density at radius 1 is 1.00 bits per heavy atom. The summed E-state index contributed by atoms with van der Waals surface area (Å²) in [5.41, 5.74) is 1.50. The smallest absolute Gasteiger partial charge is 0.335 e. The Bertz CT molecular complexity index is 663. The second kappa shape index (κ2) is 7.45. The minimum atomic E-state index is -0.876. The molecule has 122 valence electrons. The van der Waals surface area contributed by atoms with E-state index in [0.29, 0.717) is 5.56 Å². The van der Waals surface area contributed by atoms with Crippen molar-refractivity contribution >= 4 is 28.9 Å². The number of carbonyl (C=O) groups is 1. The van der Waals surface area contributed by atoms with Gasteiger partial charge in [-0.2, -0.15) is 0 Å². The normalized spacial score (nSPS) is 16.6. The lowest BCUT2D eigenvalue weighted by atomic mass is 10.1. The summed E-state index contributed by atoms with van der Waals surface area (Å²) in [6, 6.07) is 11.2. The summed E-state index contributed by atoms with van der Waals surface area (Å²) in [5.74, 6) is -0.876. The van der Waals surface area contributed by atoms with Crippen molar-refractivity contribution in [2.45, 2.75) is 13.1 Å². The van der Waals surface area contributed by atoms with Crippen LogP contribution in [0.4, 0.5) is 0 Å². The molecule has 1 N–H and O–H groups in total. The highest BCUT2D eigenvalue weighted by Gasteiger charge is 2.17. The number of thiophene rings is 1. The van der Waals surface area contributed by atoms with Gasteiger partial charge in [-0.05, 0) is 29.8 Å². The molecule has 0 radical (unpaired) electrons. The topological polar surface area (TPSA) is 43.8 Å². The first kappa shape index (κ1) is 16.5. The number of rotatable bonds is 5. The average Bonchev–Trinajstić information content (AvgIpc) is 2.95. The number of carboxylic acid groups (broad SMARTS) is 1. The van der Waals surface area contributed by atoms with Gasteiger partial charge in [-0.15, -0.1) is 11.3 Å². The van der Waals surface area contributed by atoms with Crippen molar-refractivity contribution in [3.05, 3.63) is 56.7 Å². The highest BCUT2D eigenvalue weighted by atomic mass is 35.5. The fraction of sp³-hybridized carbons (Fsp3) is 0.353. The van der Waals surface area contributed by atoms with Gasteiger partial charge >= 0.3 is 5.97 Å². The Kier molecular flexibility index (Phi) is 5.33. The van der Waals surface area contributed by atoms with Crippen LogP contribution in [0.25, 0.3) is 0 Å². The molecule has 1 aromatic heterocycles. The highest BCUT2D eigenvalue weighted by molar-refractivity contribution is 7.16. The van der Waals surface area contributed by atoms with Crippen LogP contribution < -0.4 is 0 Å². The van der Waals surface area contributed by atoms with Gasteiger partial charge in [0.15, 0.2) is 0 Å². The van der Waals surface area contributed by atoms with E-state index in [2.05, 4.69) is 15.9 Å². The van der Waals surface area contributed by atoms with Gasteiger partial charge in [0.1, 0.15) is 0 Å². The first-order chi connectivity index (χ1) is 11.1. The molecule has 0 amide bonds. The zero-order chi connectivity index (χ0) is 16.2. The maximum atomic E-state index is 10.9. The quantitative estimate of drug-likeness (QED) is 0.897. The number of piperazine rings is 1. The number of nitrogens with zero attached hydrogens (tertiary/aromatic N) is 2. The summed E-state index contributed by atoms with van der Waals surface area (Å²) in [6.07, 6.45) is 0. The van der Waals surface area contributed by atoms with E-state index in [9.17, 15) is 4.79 Å². The summed E-state index contributed by atoms with van der Waals surface area (Å²) in [7, 11) is 0. The second-order valence-electron chi connectivity index (χ2n) is 5.76. The third kappa shape index (κ3) is 4.54. The summed E-state index contributed by atoms with van der Waals surface area (Å²) >= 11 is 7.63. The van der Waals surface area contributed by atoms with E-state index < -0.39 is 5.97 Å². The molecule has 0 saturated carbocycles. The van der Waals surface area contributed by atoms with E-state index in [1.165, 1.54) is 4.88 Å². The van der Waals surface area contributed by atoms with Crippen LogP contribution >= 0.6 is 22.9 Å². The number of benzene rings is 1. The van der Waals surface area contributed by atoms with Crippen molar-refractivity contribution < 1.29 is 9.90 Å². The molecule has 0 atom stereocenters. The van der Waals surface area contributed by atoms with E-state index in [4.69, 9.17) is 16.7 Å². The van der Waals surface area contributed by atoms with E-state index in [1.807, 2.05) is 18.2 Å². The monoisotopic (exact) mass is 350 g/mol. The molecule has 0 aliphatic carbocycles. The molecule has 0 bridgehead atoms. The van der Waals surface area contributed by atoms with Crippen molar-refractivity contribution in [1.82, 2.24) is 9.80 Å². The summed E-state index contributed by atoms with van der Waals surface area (Å²) in [4.78, 5) is 17.0. The standard InChI is InChI=1S/C17H19ClN2O2S/c18-16-6-5-15(23-16)12-20-9-7-19(8-10-20)11-13-1-3-14(4-2-13)17(21)22/h1-6H,7-12H2,(H,21,22). The third-order valence-electron chi connectivity index (χ3n) is 4.08. The molecular formula is C17H19ClN2O2S. The number of halogens is 1. The number of hydrogen-bond acceptors (Lipinski definition) is 4. The number of aromatic carboxylic acids is 1. The zero-order valence-corrected chi connectivity index (χ0v) is 14.3. The van der Waals surface area contributed by atoms with Crippen molar-refractivity contribution in [2.75, 3.05) is 26.2 Å². The van der Waals surface area contributed by atoms with Gasteiger partial charge in [-0.25, -0.2) is 4.79 Å². The number of carboxylic acids is 1. The lowest BCUT2D eigenvalue weighted by Gasteiger charge is -2.34. The summed E-state index contributed by atoms with van der Waals surface area (Å²) < 4.78 is 0.850. The molecule has 2 aromatic rings. The van der Waals surface area contributed by atoms with Crippen LogP contribution in [-0.2, 0) is 13.1 Å². The van der Waals surface area contributed by atoms with Crippen LogP contribution in [0, 0.1) is 0 Å². The lowest BCUT2D eigenvalue weighted by Crippen LogP contribution is -2.45. The summed E-state index contributed by atoms with van der Waals surface area (Å²) in [6.45, 7) is 5.99. The second-order valence-corrected chi connectivity index (χ2v) is 7.56. The first-order valence-corrected chi connectivity index (χ1v) is 8.81. The van der Waals surface area contributed by atoms with Gasteiger partial charge in [0.05, 0.1) is 9.90 Å². The van der Waals surface area contributed by atoms with Gasteiger partial charge in [-0.1, -0.05) is 23.7 Å². The highest BCUT2D eigenvalue weighted by Crippen LogP contribution is 2.23. The van der Waals surface area contributed by atoms with Crippen LogP contribution in [0.15, 0.2) is 36.4 Å². The Morgan fingerprint density at radius 3 is 2.13 bits per heavy atom. The van der Waals surface area contributed by atoms with Crippen LogP contribution in [0.5, 0.6) is 0 Å². The van der Waals surface area contributed by atoms with Crippen LogP contribution in [-0.4, -0.2) is 47.1 Å². The predicted molar refractivity (Wildman–Crippen MR) is 93.3 cm³/mol. The van der Waals surface area contributed by atoms with Gasteiger partial charge in [-0.3, -0.25) is 9.80 Å². The fourth-order valence-electron chi connectivity index (χ4n) is 2.77.